The highest BCUT2D eigenvalue weighted by Gasteiger charge is 2.34. The van der Waals surface area contributed by atoms with E-state index in [4.69, 9.17) is 0 Å². The Labute approximate surface area is 198 Å². The maximum atomic E-state index is 14.3. The first-order chi connectivity index (χ1) is 16.0. The van der Waals surface area contributed by atoms with Gasteiger partial charge in [0.25, 0.3) is 0 Å². The number of alkyl halides is 3. The Kier molecular flexibility index (Phi) is 8.64. The Hall–Kier alpha value is -2.53. The number of nitrogens with one attached hydrogen (secondary N) is 1. The largest absolute Gasteiger partial charge is 0.433 e. The molecule has 0 radical (unpaired) electrons. The molecule has 186 valence electrons. The second-order valence-electron chi connectivity index (χ2n) is 8.73. The van der Waals surface area contributed by atoms with E-state index in [1.54, 1.807) is 6.07 Å². The molecule has 1 aromatic heterocycles. The summed E-state index contributed by atoms with van der Waals surface area (Å²) < 4.78 is 78.4. The summed E-state index contributed by atoms with van der Waals surface area (Å²) in [5, 5.41) is 3.25. The van der Waals surface area contributed by atoms with Crippen LogP contribution in [-0.2, 0) is 29.8 Å². The highest BCUT2D eigenvalue weighted by molar-refractivity contribution is 7.61. The molecule has 6 nitrogen and oxygen atoms in total. The smallest absolute Gasteiger partial charge is 0.356 e. The van der Waals surface area contributed by atoms with Crippen molar-refractivity contribution in [3.8, 4) is 0 Å². The maximum Gasteiger partial charge on any atom is 0.433 e. The second kappa shape index (κ2) is 11.3. The van der Waals surface area contributed by atoms with Crippen LogP contribution in [0, 0.1) is 11.7 Å². The first kappa shape index (κ1) is 26.1. The van der Waals surface area contributed by atoms with Crippen LogP contribution in [-0.4, -0.2) is 33.0 Å². The van der Waals surface area contributed by atoms with E-state index in [9.17, 15) is 26.0 Å². The van der Waals surface area contributed by atoms with Gasteiger partial charge in [-0.1, -0.05) is 32.0 Å². The van der Waals surface area contributed by atoms with E-state index < -0.39 is 28.2 Å². The second-order valence-corrected chi connectivity index (χ2v) is 9.43. The summed E-state index contributed by atoms with van der Waals surface area (Å²) in [5.41, 5.74) is 0.682. The Morgan fingerprint density at radius 2 is 1.85 bits per heavy atom. The fourth-order valence-corrected chi connectivity index (χ4v) is 4.17. The molecule has 3 rings (SSSR count). The Balaban J connectivity index is 1.68. The first-order valence-corrected chi connectivity index (χ1v) is 12.2. The van der Waals surface area contributed by atoms with E-state index in [0.29, 0.717) is 49.0 Å². The van der Waals surface area contributed by atoms with E-state index in [0.717, 1.165) is 18.9 Å². The predicted octanol–water partition coefficient (Wildman–Crippen LogP) is 4.93. The van der Waals surface area contributed by atoms with Crippen molar-refractivity contribution in [1.82, 2.24) is 10.3 Å². The van der Waals surface area contributed by atoms with Gasteiger partial charge in [0.1, 0.15) is 17.3 Å². The van der Waals surface area contributed by atoms with Gasteiger partial charge in [0, 0.05) is 37.3 Å². The normalized spacial score (nSPS) is 15.9. The molecule has 0 aliphatic carbocycles. The van der Waals surface area contributed by atoms with Crippen molar-refractivity contribution in [3.63, 3.8) is 0 Å². The first-order valence-electron chi connectivity index (χ1n) is 11.1. The standard InChI is InChI=1S/C23H28F4N4O2S/c1-15-7-9-31(10-8-15)22-19(5-6-21(30-22)23(25,26)27)13-28-12-16(2)17-3-4-18(20(24)11-17)14-29-34(32)33/h3-6,11,15-16,28H,7-10,12-14H2,1-2H3. The third kappa shape index (κ3) is 6.99. The van der Waals surface area contributed by atoms with Crippen molar-refractivity contribution >= 4 is 16.3 Å². The van der Waals surface area contributed by atoms with Gasteiger partial charge in [-0.05, 0) is 42.4 Å². The average molecular weight is 501 g/mol. The molecule has 0 amide bonds. The summed E-state index contributed by atoms with van der Waals surface area (Å²) in [6.07, 6.45) is -2.70. The van der Waals surface area contributed by atoms with Crippen LogP contribution in [0.5, 0.6) is 0 Å². The van der Waals surface area contributed by atoms with Crippen LogP contribution in [0.25, 0.3) is 0 Å². The number of nitrogens with zero attached hydrogens (tertiary/aromatic N) is 3. The molecule has 1 saturated heterocycles. The fraction of sp³-hybridized carbons (Fsp3) is 0.522. The monoisotopic (exact) mass is 500 g/mol. The minimum atomic E-state index is -4.51. The van der Waals surface area contributed by atoms with E-state index in [1.807, 2.05) is 11.8 Å². The highest BCUT2D eigenvalue weighted by Crippen LogP contribution is 2.32. The molecule has 1 unspecified atom stereocenters. The van der Waals surface area contributed by atoms with Crippen LogP contribution in [0.2, 0.25) is 0 Å². The molecule has 1 N–H and O–H groups in total. The molecule has 1 fully saturated rings. The van der Waals surface area contributed by atoms with Gasteiger partial charge >= 0.3 is 16.7 Å². The SMILES string of the molecule is CC1CCN(c2nc(C(F)(F)F)ccc2CNCC(C)c2ccc(CN=S(=O)=O)c(F)c2)CC1. The van der Waals surface area contributed by atoms with E-state index in [-0.39, 0.29) is 18.0 Å². The predicted molar refractivity (Wildman–Crippen MR) is 121 cm³/mol. The third-order valence-corrected chi connectivity index (χ3v) is 6.42. The van der Waals surface area contributed by atoms with Gasteiger partial charge in [-0.25, -0.2) is 9.37 Å². The van der Waals surface area contributed by atoms with Crippen LogP contribution in [0.3, 0.4) is 0 Å². The number of benzene rings is 1. The van der Waals surface area contributed by atoms with Crippen LogP contribution in [0.1, 0.15) is 55.0 Å². The molecule has 0 bridgehead atoms. The number of hydrogen-bond donors (Lipinski definition) is 1. The van der Waals surface area contributed by atoms with E-state index >= 15 is 0 Å². The van der Waals surface area contributed by atoms with Gasteiger partial charge in [-0.3, -0.25) is 0 Å². The lowest BCUT2D eigenvalue weighted by molar-refractivity contribution is -0.141. The Bertz CT molecular complexity index is 1120. The van der Waals surface area contributed by atoms with E-state index in [1.165, 1.54) is 18.2 Å². The molecule has 2 aromatic rings. The van der Waals surface area contributed by atoms with Crippen molar-refractivity contribution < 1.29 is 26.0 Å². The van der Waals surface area contributed by atoms with Crippen LogP contribution in [0.15, 0.2) is 34.7 Å². The lowest BCUT2D eigenvalue weighted by Gasteiger charge is -2.33. The van der Waals surface area contributed by atoms with Crippen molar-refractivity contribution in [2.45, 2.75) is 51.9 Å². The number of piperidine rings is 1. The summed E-state index contributed by atoms with van der Waals surface area (Å²) in [7, 11) is -2.60. The number of hydrogen-bond acceptors (Lipinski definition) is 6. The van der Waals surface area contributed by atoms with Gasteiger partial charge in [0.15, 0.2) is 0 Å². The quantitative estimate of drug-likeness (QED) is 0.520. The molecule has 1 aliphatic rings. The summed E-state index contributed by atoms with van der Waals surface area (Å²) in [5.74, 6) is 0.270. The summed E-state index contributed by atoms with van der Waals surface area (Å²) in [6.45, 7) is 5.89. The molecule has 1 atom stereocenters. The molecule has 11 heteroatoms. The molecular formula is C23H28F4N4O2S. The molecule has 2 heterocycles. The Morgan fingerprint density at radius 3 is 2.47 bits per heavy atom. The number of rotatable bonds is 8. The van der Waals surface area contributed by atoms with Gasteiger partial charge in [-0.15, -0.1) is 0 Å². The number of halogens is 4. The maximum absolute atomic E-state index is 14.3. The minimum absolute atomic E-state index is 0.0872. The number of pyridine rings is 1. The number of aromatic nitrogens is 1. The zero-order valence-corrected chi connectivity index (χ0v) is 19.9. The number of anilines is 1. The highest BCUT2D eigenvalue weighted by atomic mass is 32.2. The van der Waals surface area contributed by atoms with Gasteiger partial charge in [-0.2, -0.15) is 26.0 Å². The van der Waals surface area contributed by atoms with Crippen LogP contribution >= 0.6 is 0 Å². The Morgan fingerprint density at radius 1 is 1.18 bits per heavy atom. The zero-order valence-electron chi connectivity index (χ0n) is 19.1. The molecule has 1 aliphatic heterocycles. The molecular weight excluding hydrogens is 472 g/mol. The minimum Gasteiger partial charge on any atom is -0.356 e. The lowest BCUT2D eigenvalue weighted by atomic mass is 9.98. The van der Waals surface area contributed by atoms with Crippen LogP contribution in [0.4, 0.5) is 23.4 Å². The van der Waals surface area contributed by atoms with Gasteiger partial charge < -0.3 is 10.2 Å². The van der Waals surface area contributed by atoms with E-state index in [2.05, 4.69) is 21.6 Å². The van der Waals surface area contributed by atoms with Crippen molar-refractivity contribution in [3.05, 3.63) is 58.5 Å². The third-order valence-electron chi connectivity index (χ3n) is 6.08. The topological polar surface area (TPSA) is 74.7 Å². The van der Waals surface area contributed by atoms with Gasteiger partial charge in [0.2, 0.25) is 0 Å². The summed E-state index contributed by atoms with van der Waals surface area (Å²) in [4.78, 5) is 5.88. The van der Waals surface area contributed by atoms with Crippen molar-refractivity contribution in [2.75, 3.05) is 24.5 Å². The van der Waals surface area contributed by atoms with Gasteiger partial charge in [0.05, 0.1) is 6.54 Å². The molecule has 1 aromatic carbocycles. The lowest BCUT2D eigenvalue weighted by Crippen LogP contribution is -2.35. The van der Waals surface area contributed by atoms with Crippen LogP contribution < -0.4 is 10.2 Å². The molecule has 34 heavy (non-hydrogen) atoms. The summed E-state index contributed by atoms with van der Waals surface area (Å²) >= 11 is 0. The fourth-order valence-electron chi connectivity index (χ4n) is 3.93. The molecule has 0 spiro atoms. The zero-order chi connectivity index (χ0) is 24.9. The van der Waals surface area contributed by atoms with Crippen molar-refractivity contribution in [2.24, 2.45) is 10.3 Å². The average Bonchev–Trinajstić information content (AvgIpc) is 2.78. The summed E-state index contributed by atoms with van der Waals surface area (Å²) in [6, 6.07) is 7.05. The van der Waals surface area contributed by atoms with Crippen molar-refractivity contribution in [1.29, 1.82) is 0 Å². The molecule has 0 saturated carbocycles.